The molecule has 3 N–H and O–H groups in total. The number of aromatic nitrogens is 3. The number of carbonyl (C=O) groups excluding carboxylic acids is 2. The van der Waals surface area contributed by atoms with E-state index in [2.05, 4.69) is 15.5 Å². The minimum absolute atomic E-state index is 0.0989. The lowest BCUT2D eigenvalue weighted by Gasteiger charge is -2.13. The number of primary amides is 1. The quantitative estimate of drug-likeness (QED) is 0.701. The second-order valence-corrected chi connectivity index (χ2v) is 7.03. The first-order valence-electron chi connectivity index (χ1n) is 8.15. The first kappa shape index (κ1) is 19.0. The van der Waals surface area contributed by atoms with E-state index >= 15 is 0 Å². The number of thioether (sulfide) groups is 1. The maximum atomic E-state index is 12.4. The molecule has 7 nitrogen and oxygen atoms in total. The van der Waals surface area contributed by atoms with Crippen LogP contribution < -0.4 is 11.1 Å². The zero-order valence-corrected chi connectivity index (χ0v) is 15.5. The predicted molar refractivity (Wildman–Crippen MR) is 98.3 cm³/mol. The molecular weight excluding hydrogens is 338 g/mol. The fraction of sp³-hybridized carbons (Fsp3) is 0.412. The van der Waals surface area contributed by atoms with Gasteiger partial charge in [0.1, 0.15) is 5.82 Å². The molecule has 2 rings (SSSR count). The van der Waals surface area contributed by atoms with Crippen LogP contribution in [0.1, 0.15) is 31.7 Å². The Kier molecular flexibility index (Phi) is 6.58. The summed E-state index contributed by atoms with van der Waals surface area (Å²) >= 11 is 1.34. The van der Waals surface area contributed by atoms with Crippen molar-refractivity contribution in [2.75, 3.05) is 5.32 Å². The molecular formula is C17H23N5O2S. The van der Waals surface area contributed by atoms with Crippen molar-refractivity contribution in [2.45, 2.75) is 50.6 Å². The molecule has 1 aromatic heterocycles. The molecule has 0 saturated heterocycles. The number of rotatable bonds is 8. The van der Waals surface area contributed by atoms with Crippen LogP contribution in [0.3, 0.4) is 0 Å². The van der Waals surface area contributed by atoms with Gasteiger partial charge >= 0.3 is 0 Å². The van der Waals surface area contributed by atoms with E-state index in [1.54, 1.807) is 0 Å². The third-order valence-corrected chi connectivity index (χ3v) is 4.76. The number of anilines is 1. The Labute approximate surface area is 151 Å². The van der Waals surface area contributed by atoms with E-state index in [1.807, 2.05) is 49.6 Å². The number of hydrogen-bond donors (Lipinski definition) is 2. The summed E-state index contributed by atoms with van der Waals surface area (Å²) in [6, 6.07) is 7.65. The number of amides is 2. The smallest absolute Gasteiger partial charge is 0.237 e. The lowest BCUT2D eigenvalue weighted by molar-refractivity contribution is -0.118. The molecule has 2 aromatic rings. The van der Waals surface area contributed by atoms with Crippen LogP contribution in [0.5, 0.6) is 0 Å². The second-order valence-electron chi connectivity index (χ2n) is 5.72. The van der Waals surface area contributed by atoms with Gasteiger partial charge in [-0.1, -0.05) is 29.5 Å². The van der Waals surface area contributed by atoms with E-state index in [-0.39, 0.29) is 23.5 Å². The van der Waals surface area contributed by atoms with E-state index in [1.165, 1.54) is 11.8 Å². The molecule has 0 spiro atoms. The fourth-order valence-electron chi connectivity index (χ4n) is 2.24. The first-order chi connectivity index (χ1) is 11.9. The van der Waals surface area contributed by atoms with Gasteiger partial charge in [-0.3, -0.25) is 9.59 Å². The van der Waals surface area contributed by atoms with Gasteiger partial charge in [-0.05, 0) is 32.9 Å². The second kappa shape index (κ2) is 8.66. The average Bonchev–Trinajstić information content (AvgIpc) is 2.96. The van der Waals surface area contributed by atoms with Gasteiger partial charge in [-0.15, -0.1) is 10.2 Å². The minimum Gasteiger partial charge on any atom is -0.370 e. The summed E-state index contributed by atoms with van der Waals surface area (Å²) in [7, 11) is 0. The number of nitrogens with zero attached hydrogens (tertiary/aromatic N) is 3. The number of aryl methyl sites for hydroxylation is 2. The number of hydrogen-bond acceptors (Lipinski definition) is 5. The normalized spacial score (nSPS) is 12.0. The van der Waals surface area contributed by atoms with Crippen LogP contribution in [0.4, 0.5) is 5.69 Å². The molecule has 1 atom stereocenters. The van der Waals surface area contributed by atoms with Gasteiger partial charge in [0.05, 0.1) is 5.25 Å². The molecule has 0 saturated carbocycles. The van der Waals surface area contributed by atoms with Crippen LogP contribution in [0, 0.1) is 6.92 Å². The van der Waals surface area contributed by atoms with Crippen LogP contribution in [-0.2, 0) is 22.6 Å². The van der Waals surface area contributed by atoms with Crippen LogP contribution in [0.15, 0.2) is 29.4 Å². The van der Waals surface area contributed by atoms with E-state index in [0.29, 0.717) is 23.9 Å². The summed E-state index contributed by atoms with van der Waals surface area (Å²) in [5.41, 5.74) is 7.09. The Hall–Kier alpha value is -2.35. The zero-order valence-electron chi connectivity index (χ0n) is 14.7. The number of carbonyl (C=O) groups is 2. The van der Waals surface area contributed by atoms with Crippen molar-refractivity contribution in [3.05, 3.63) is 35.7 Å². The van der Waals surface area contributed by atoms with Crippen LogP contribution in [-0.4, -0.2) is 31.8 Å². The Morgan fingerprint density at radius 3 is 2.56 bits per heavy atom. The summed E-state index contributed by atoms with van der Waals surface area (Å²) in [4.78, 5) is 23.3. The van der Waals surface area contributed by atoms with Gasteiger partial charge in [0, 0.05) is 25.1 Å². The summed E-state index contributed by atoms with van der Waals surface area (Å²) in [6.07, 6.45) is 0.674. The van der Waals surface area contributed by atoms with Gasteiger partial charge in [0.15, 0.2) is 5.16 Å². The molecule has 0 aliphatic rings. The Morgan fingerprint density at radius 1 is 1.28 bits per heavy atom. The maximum absolute atomic E-state index is 12.4. The third-order valence-electron chi connectivity index (χ3n) is 3.68. The number of nitrogens with one attached hydrogen (secondary N) is 1. The molecule has 1 heterocycles. The summed E-state index contributed by atoms with van der Waals surface area (Å²) < 4.78 is 1.91. The Balaban J connectivity index is 2.01. The van der Waals surface area contributed by atoms with Crippen molar-refractivity contribution >= 4 is 29.3 Å². The first-order valence-corrected chi connectivity index (χ1v) is 9.03. The SMILES string of the molecule is CCn1c(CCC(N)=O)nnc1S[C@H](C)C(=O)Nc1ccc(C)cc1. The zero-order chi connectivity index (χ0) is 18.4. The lowest BCUT2D eigenvalue weighted by Crippen LogP contribution is -2.23. The fourth-order valence-corrected chi connectivity index (χ4v) is 3.17. The predicted octanol–water partition coefficient (Wildman–Crippen LogP) is 2.14. The highest BCUT2D eigenvalue weighted by Gasteiger charge is 2.20. The molecule has 134 valence electrons. The van der Waals surface area contributed by atoms with E-state index in [0.717, 1.165) is 11.3 Å². The van der Waals surface area contributed by atoms with Crippen LogP contribution in [0.2, 0.25) is 0 Å². The molecule has 8 heteroatoms. The summed E-state index contributed by atoms with van der Waals surface area (Å²) in [6.45, 7) is 6.46. The molecule has 0 aliphatic carbocycles. The largest absolute Gasteiger partial charge is 0.370 e. The summed E-state index contributed by atoms with van der Waals surface area (Å²) in [5, 5.41) is 11.5. The van der Waals surface area contributed by atoms with Crippen molar-refractivity contribution in [2.24, 2.45) is 5.73 Å². The minimum atomic E-state index is -0.370. The Bertz CT molecular complexity index is 742. The highest BCUT2D eigenvalue weighted by molar-refractivity contribution is 8.00. The molecule has 0 bridgehead atoms. The van der Waals surface area contributed by atoms with Crippen molar-refractivity contribution in [1.29, 1.82) is 0 Å². The van der Waals surface area contributed by atoms with Gasteiger partial charge in [-0.2, -0.15) is 0 Å². The van der Waals surface area contributed by atoms with Crippen molar-refractivity contribution in [1.82, 2.24) is 14.8 Å². The van der Waals surface area contributed by atoms with Gasteiger partial charge in [0.2, 0.25) is 11.8 Å². The topological polar surface area (TPSA) is 103 Å². The standard InChI is InChI=1S/C17H23N5O2S/c1-4-22-15(10-9-14(18)23)20-21-17(22)25-12(3)16(24)19-13-7-5-11(2)6-8-13/h5-8,12H,4,9-10H2,1-3H3,(H2,18,23)(H,19,24)/t12-/m1/s1. The molecule has 0 radical (unpaired) electrons. The van der Waals surface area contributed by atoms with Crippen molar-refractivity contribution in [3.8, 4) is 0 Å². The van der Waals surface area contributed by atoms with Gasteiger partial charge in [0.25, 0.3) is 0 Å². The maximum Gasteiger partial charge on any atom is 0.237 e. The average molecular weight is 361 g/mol. The highest BCUT2D eigenvalue weighted by Crippen LogP contribution is 2.24. The Morgan fingerprint density at radius 2 is 1.96 bits per heavy atom. The number of benzene rings is 1. The monoisotopic (exact) mass is 361 g/mol. The van der Waals surface area contributed by atoms with E-state index < -0.39 is 0 Å². The van der Waals surface area contributed by atoms with Crippen molar-refractivity contribution < 1.29 is 9.59 Å². The highest BCUT2D eigenvalue weighted by atomic mass is 32.2. The molecule has 2 amide bonds. The lowest BCUT2D eigenvalue weighted by atomic mass is 10.2. The van der Waals surface area contributed by atoms with Crippen molar-refractivity contribution in [3.63, 3.8) is 0 Å². The molecule has 0 unspecified atom stereocenters. The molecule has 1 aromatic carbocycles. The van der Waals surface area contributed by atoms with Gasteiger partial charge < -0.3 is 15.6 Å². The summed E-state index contributed by atoms with van der Waals surface area (Å²) in [5.74, 6) is 0.235. The van der Waals surface area contributed by atoms with Crippen LogP contribution >= 0.6 is 11.8 Å². The van der Waals surface area contributed by atoms with Crippen LogP contribution in [0.25, 0.3) is 0 Å². The number of nitrogens with two attached hydrogens (primary N) is 1. The molecule has 0 fully saturated rings. The van der Waals surface area contributed by atoms with Gasteiger partial charge in [-0.25, -0.2) is 0 Å². The molecule has 0 aliphatic heterocycles. The third kappa shape index (κ3) is 5.32. The van der Waals surface area contributed by atoms with E-state index in [4.69, 9.17) is 5.73 Å². The molecule has 25 heavy (non-hydrogen) atoms. The van der Waals surface area contributed by atoms with E-state index in [9.17, 15) is 9.59 Å².